The topological polar surface area (TPSA) is 101 Å². The Labute approximate surface area is 262 Å². The maximum absolute atomic E-state index is 14.1. The highest BCUT2D eigenvalue weighted by molar-refractivity contribution is 7.80. The minimum absolute atomic E-state index is 0.0122. The Bertz CT molecular complexity index is 1220. The van der Waals surface area contributed by atoms with Gasteiger partial charge in [-0.1, -0.05) is 31.4 Å². The molecule has 1 aliphatic carbocycles. The molecule has 2 fully saturated rings. The second-order valence-corrected chi connectivity index (χ2v) is 13.7. The van der Waals surface area contributed by atoms with E-state index in [4.69, 9.17) is 17.0 Å². The number of benzene rings is 1. The van der Waals surface area contributed by atoms with Gasteiger partial charge in [0.2, 0.25) is 11.8 Å². The minimum atomic E-state index is -0.533. The van der Waals surface area contributed by atoms with Crippen molar-refractivity contribution in [2.24, 2.45) is 18.4 Å². The molecule has 0 spiro atoms. The standard InChI is InChI=1S/C33H50N6O3S/c1-32(2,3)37-30(41)33(25-9-7-6-8-10-25)16-19-39(20-17-33)29(40)28(21-24-11-13-27(42-5)14-12-24)36-31(43)34-18-15-26-22-38(4)23-35-26/h11-14,22-23,25,28H,6-10,15-21H2,1-5H3,(H,37,41)(H2,34,36,43)/t28-/m1/s1. The number of imidazole rings is 1. The minimum Gasteiger partial charge on any atom is -0.497 e. The summed E-state index contributed by atoms with van der Waals surface area (Å²) in [4.78, 5) is 34.2. The van der Waals surface area contributed by atoms with Crippen molar-refractivity contribution in [3.05, 3.63) is 48.0 Å². The zero-order valence-corrected chi connectivity index (χ0v) is 27.4. The molecule has 4 rings (SSSR count). The molecule has 236 valence electrons. The number of rotatable bonds is 10. The Morgan fingerprint density at radius 2 is 1.79 bits per heavy atom. The van der Waals surface area contributed by atoms with E-state index in [-0.39, 0.29) is 17.4 Å². The molecule has 1 aromatic carbocycles. The van der Waals surface area contributed by atoms with E-state index in [2.05, 4.69) is 20.9 Å². The maximum Gasteiger partial charge on any atom is 0.245 e. The van der Waals surface area contributed by atoms with Crippen molar-refractivity contribution >= 4 is 29.1 Å². The Hall–Kier alpha value is -3.14. The Balaban J connectivity index is 1.45. The maximum atomic E-state index is 14.1. The molecule has 10 heteroatoms. The van der Waals surface area contributed by atoms with Crippen molar-refractivity contribution in [3.8, 4) is 5.75 Å². The summed E-state index contributed by atoms with van der Waals surface area (Å²) in [7, 11) is 3.59. The van der Waals surface area contributed by atoms with Gasteiger partial charge in [0, 0.05) is 51.3 Å². The van der Waals surface area contributed by atoms with Crippen LogP contribution in [-0.2, 0) is 29.5 Å². The van der Waals surface area contributed by atoms with Crippen LogP contribution >= 0.6 is 12.2 Å². The van der Waals surface area contributed by atoms with E-state index in [0.717, 1.165) is 36.3 Å². The van der Waals surface area contributed by atoms with Crippen LogP contribution in [0, 0.1) is 11.3 Å². The first kappa shape index (κ1) is 32.8. The first-order valence-corrected chi connectivity index (χ1v) is 16.2. The van der Waals surface area contributed by atoms with Gasteiger partial charge in [0.1, 0.15) is 11.8 Å². The van der Waals surface area contributed by atoms with Gasteiger partial charge in [-0.2, -0.15) is 0 Å². The molecule has 2 heterocycles. The molecule has 1 saturated carbocycles. The van der Waals surface area contributed by atoms with Crippen LogP contribution in [0.1, 0.15) is 77.0 Å². The molecule has 2 aliphatic rings. The van der Waals surface area contributed by atoms with Crippen molar-refractivity contribution in [2.75, 3.05) is 26.7 Å². The second kappa shape index (κ2) is 14.6. The van der Waals surface area contributed by atoms with Crippen LogP contribution in [0.5, 0.6) is 5.75 Å². The van der Waals surface area contributed by atoms with Gasteiger partial charge >= 0.3 is 0 Å². The highest BCUT2D eigenvalue weighted by atomic mass is 32.1. The Morgan fingerprint density at radius 1 is 1.12 bits per heavy atom. The molecule has 1 aliphatic heterocycles. The molecule has 2 aromatic rings. The smallest absolute Gasteiger partial charge is 0.245 e. The van der Waals surface area contributed by atoms with E-state index in [1.165, 1.54) is 19.3 Å². The van der Waals surface area contributed by atoms with Crippen molar-refractivity contribution in [3.63, 3.8) is 0 Å². The fraction of sp³-hybridized carbons (Fsp3) is 0.636. The fourth-order valence-corrected chi connectivity index (χ4v) is 6.84. The van der Waals surface area contributed by atoms with E-state index in [1.54, 1.807) is 13.4 Å². The van der Waals surface area contributed by atoms with E-state index in [9.17, 15) is 9.59 Å². The normalized spacial score (nSPS) is 18.0. The highest BCUT2D eigenvalue weighted by Crippen LogP contribution is 2.46. The third kappa shape index (κ3) is 8.94. The van der Waals surface area contributed by atoms with Crippen molar-refractivity contribution in [1.82, 2.24) is 30.4 Å². The SMILES string of the molecule is COc1ccc(C[C@@H](NC(=S)NCCc2cn(C)cn2)C(=O)N2CCC(C(=O)NC(C)(C)C)(C3CCCCC3)CC2)cc1. The number of likely N-dealkylation sites (tertiary alicyclic amines) is 1. The summed E-state index contributed by atoms with van der Waals surface area (Å²) < 4.78 is 7.24. The number of carbonyl (C=O) groups excluding carboxylic acids is 2. The van der Waals surface area contributed by atoms with Gasteiger partial charge < -0.3 is 30.2 Å². The lowest BCUT2D eigenvalue weighted by molar-refractivity contribution is -0.146. The molecule has 9 nitrogen and oxygen atoms in total. The summed E-state index contributed by atoms with van der Waals surface area (Å²) in [6.07, 6.45) is 12.1. The molecule has 3 N–H and O–H groups in total. The molecule has 0 bridgehead atoms. The summed E-state index contributed by atoms with van der Waals surface area (Å²) in [5.41, 5.74) is 1.28. The third-order valence-electron chi connectivity index (χ3n) is 8.92. The largest absolute Gasteiger partial charge is 0.497 e. The van der Waals surface area contributed by atoms with Crippen LogP contribution in [0.2, 0.25) is 0 Å². The zero-order valence-electron chi connectivity index (χ0n) is 26.6. The zero-order chi connectivity index (χ0) is 31.0. The number of thiocarbonyl (C=S) groups is 1. The summed E-state index contributed by atoms with van der Waals surface area (Å²) in [5.74, 6) is 1.31. The van der Waals surface area contributed by atoms with Crippen LogP contribution in [0.25, 0.3) is 0 Å². The number of ether oxygens (including phenoxy) is 1. The number of nitrogens with one attached hydrogen (secondary N) is 3. The van der Waals surface area contributed by atoms with Crippen molar-refractivity contribution in [2.45, 2.75) is 90.1 Å². The summed E-state index contributed by atoms with van der Waals surface area (Å²) >= 11 is 5.64. The van der Waals surface area contributed by atoms with Crippen LogP contribution in [0.15, 0.2) is 36.8 Å². The number of aryl methyl sites for hydroxylation is 1. The quantitative estimate of drug-likeness (QED) is 0.348. The highest BCUT2D eigenvalue weighted by Gasteiger charge is 2.49. The molecule has 0 radical (unpaired) electrons. The summed E-state index contributed by atoms with van der Waals surface area (Å²) in [6.45, 7) is 7.87. The van der Waals surface area contributed by atoms with E-state index < -0.39 is 11.5 Å². The van der Waals surface area contributed by atoms with Gasteiger partial charge in [-0.25, -0.2) is 4.98 Å². The molecule has 43 heavy (non-hydrogen) atoms. The number of hydrogen-bond donors (Lipinski definition) is 3. The van der Waals surface area contributed by atoms with Gasteiger partial charge in [0.25, 0.3) is 0 Å². The molecule has 1 aromatic heterocycles. The van der Waals surface area contributed by atoms with Crippen LogP contribution in [0.3, 0.4) is 0 Å². The molecular weight excluding hydrogens is 560 g/mol. The lowest BCUT2D eigenvalue weighted by Gasteiger charge is -2.48. The summed E-state index contributed by atoms with van der Waals surface area (Å²) in [5, 5.41) is 10.3. The lowest BCUT2D eigenvalue weighted by atomic mass is 9.63. The molecule has 2 amide bonds. The van der Waals surface area contributed by atoms with Crippen LogP contribution in [-0.4, -0.2) is 69.7 Å². The van der Waals surface area contributed by atoms with E-state index in [1.807, 2.05) is 67.7 Å². The van der Waals surface area contributed by atoms with Gasteiger partial charge in [0.15, 0.2) is 5.11 Å². The van der Waals surface area contributed by atoms with Gasteiger partial charge in [-0.15, -0.1) is 0 Å². The number of amides is 2. The molecule has 0 unspecified atom stereocenters. The van der Waals surface area contributed by atoms with Gasteiger partial charge in [-0.3, -0.25) is 9.59 Å². The summed E-state index contributed by atoms with van der Waals surface area (Å²) in [6, 6.07) is 7.26. The molecule has 1 atom stereocenters. The number of nitrogens with zero attached hydrogens (tertiary/aromatic N) is 3. The molecular formula is C33H50N6O3S. The first-order chi connectivity index (χ1) is 20.5. The number of piperidine rings is 1. The van der Waals surface area contributed by atoms with Crippen molar-refractivity contribution < 1.29 is 14.3 Å². The second-order valence-electron chi connectivity index (χ2n) is 13.3. The monoisotopic (exact) mass is 610 g/mol. The third-order valence-corrected chi connectivity index (χ3v) is 9.18. The number of hydrogen-bond acceptors (Lipinski definition) is 5. The van der Waals surface area contributed by atoms with Crippen molar-refractivity contribution in [1.29, 1.82) is 0 Å². The lowest BCUT2D eigenvalue weighted by Crippen LogP contribution is -2.59. The van der Waals surface area contributed by atoms with Crippen LogP contribution < -0.4 is 20.7 Å². The Morgan fingerprint density at radius 3 is 2.37 bits per heavy atom. The number of carbonyl (C=O) groups is 2. The van der Waals surface area contributed by atoms with Gasteiger partial charge in [-0.05, 0) is 82.3 Å². The van der Waals surface area contributed by atoms with E-state index >= 15 is 0 Å². The van der Waals surface area contributed by atoms with Crippen LogP contribution in [0.4, 0.5) is 0 Å². The number of methoxy groups -OCH3 is 1. The first-order valence-electron chi connectivity index (χ1n) is 15.7. The predicted octanol–water partition coefficient (Wildman–Crippen LogP) is 4.15. The number of aromatic nitrogens is 2. The average Bonchev–Trinajstić information content (AvgIpc) is 3.41. The molecule has 1 saturated heterocycles. The Kier molecular flexibility index (Phi) is 11.1. The van der Waals surface area contributed by atoms with E-state index in [0.29, 0.717) is 49.9 Å². The average molecular weight is 611 g/mol. The fourth-order valence-electron chi connectivity index (χ4n) is 6.59. The predicted molar refractivity (Wildman–Crippen MR) is 174 cm³/mol. The van der Waals surface area contributed by atoms with Gasteiger partial charge in [0.05, 0.1) is 24.5 Å².